The van der Waals surface area contributed by atoms with E-state index in [1.165, 1.54) is 16.6 Å². The zero-order valence-electron chi connectivity index (χ0n) is 9.88. The van der Waals surface area contributed by atoms with E-state index >= 15 is 0 Å². The molecule has 0 unspecified atom stereocenters. The van der Waals surface area contributed by atoms with Crippen LogP contribution in [-0.4, -0.2) is 27.8 Å². The normalized spacial score (nSPS) is 19.4. The molecule has 1 atom stereocenters. The first kappa shape index (κ1) is 11.9. The Hall–Kier alpha value is -1.14. The van der Waals surface area contributed by atoms with Crippen LogP contribution < -0.4 is 0 Å². The van der Waals surface area contributed by atoms with E-state index in [0.29, 0.717) is 6.61 Å². The summed E-state index contributed by atoms with van der Waals surface area (Å²) in [7, 11) is 0. The van der Waals surface area contributed by atoms with Gasteiger partial charge in [0.2, 0.25) is 0 Å². The Bertz CT molecular complexity index is 597. The Labute approximate surface area is 113 Å². The molecule has 2 aromatic rings. The zero-order valence-corrected chi connectivity index (χ0v) is 11.5. The molecule has 0 radical (unpaired) electrons. The molecule has 6 heteroatoms. The maximum absolute atomic E-state index is 11.5. The van der Waals surface area contributed by atoms with Crippen molar-refractivity contribution in [3.8, 4) is 0 Å². The molecule has 3 rings (SSSR count). The van der Waals surface area contributed by atoms with Gasteiger partial charge in [-0.1, -0.05) is 18.7 Å². The van der Waals surface area contributed by atoms with Gasteiger partial charge in [0.1, 0.15) is 21.4 Å². The maximum Gasteiger partial charge on any atom is 0.319 e. The van der Waals surface area contributed by atoms with Crippen LogP contribution in [0.2, 0.25) is 0 Å². The predicted octanol–water partition coefficient (Wildman–Crippen LogP) is 2.66. The fourth-order valence-electron chi connectivity index (χ4n) is 1.87. The number of esters is 1. The molecule has 0 bridgehead atoms. The highest BCUT2D eigenvalue weighted by molar-refractivity contribution is 8.00. The second-order valence-corrected chi connectivity index (χ2v) is 6.33. The monoisotopic (exact) mass is 280 g/mol. The zero-order chi connectivity index (χ0) is 12.5. The number of aromatic nitrogens is 2. The molecule has 0 aliphatic carbocycles. The number of fused-ring (bicyclic) bond motifs is 1. The van der Waals surface area contributed by atoms with Gasteiger partial charge < -0.3 is 4.74 Å². The molecular formula is C12H12N2O2S2. The summed E-state index contributed by atoms with van der Waals surface area (Å²) < 4.78 is 4.98. The Balaban J connectivity index is 1.95. The van der Waals surface area contributed by atoms with E-state index in [9.17, 15) is 4.79 Å². The van der Waals surface area contributed by atoms with Crippen LogP contribution in [0.3, 0.4) is 0 Å². The Kier molecular flexibility index (Phi) is 3.22. The van der Waals surface area contributed by atoms with Crippen LogP contribution in [0.4, 0.5) is 0 Å². The smallest absolute Gasteiger partial charge is 0.319 e. The second kappa shape index (κ2) is 4.85. The lowest BCUT2D eigenvalue weighted by atomic mass is 10.3. The lowest BCUT2D eigenvalue weighted by molar-refractivity contribution is -0.137. The predicted molar refractivity (Wildman–Crippen MR) is 72.0 cm³/mol. The first-order valence-corrected chi connectivity index (χ1v) is 7.54. The Morgan fingerprint density at radius 2 is 2.44 bits per heavy atom. The molecule has 0 N–H and O–H groups in total. The van der Waals surface area contributed by atoms with Crippen molar-refractivity contribution >= 4 is 39.3 Å². The summed E-state index contributed by atoms with van der Waals surface area (Å²) in [6, 6.07) is 2.13. The Morgan fingerprint density at radius 1 is 1.56 bits per heavy atom. The van der Waals surface area contributed by atoms with Gasteiger partial charge in [0.25, 0.3) is 0 Å². The van der Waals surface area contributed by atoms with Gasteiger partial charge >= 0.3 is 5.97 Å². The summed E-state index contributed by atoms with van der Waals surface area (Å²) in [4.78, 5) is 22.4. The first-order chi connectivity index (χ1) is 8.78. The van der Waals surface area contributed by atoms with Gasteiger partial charge in [0, 0.05) is 16.7 Å². The standard InChI is InChI=1S/C12H12N2O2S2/c1-2-7-5-8-10(17-7)13-6-14-11(8)18-9-3-4-16-12(9)15/h5-6,9H,2-4H2,1H3/t9-/m0/s1. The number of hydrogen-bond donors (Lipinski definition) is 0. The third-order valence-corrected chi connectivity index (χ3v) is 5.28. The minimum absolute atomic E-state index is 0.118. The number of ether oxygens (including phenoxy) is 1. The SMILES string of the molecule is CCc1cc2c(S[C@H]3CCOC3=O)ncnc2s1. The summed E-state index contributed by atoms with van der Waals surface area (Å²) in [6.45, 7) is 2.65. The van der Waals surface area contributed by atoms with E-state index in [0.717, 1.165) is 28.1 Å². The van der Waals surface area contributed by atoms with Crippen LogP contribution in [0, 0.1) is 0 Å². The number of carbonyl (C=O) groups is 1. The fraction of sp³-hybridized carbons (Fsp3) is 0.417. The summed E-state index contributed by atoms with van der Waals surface area (Å²) in [5.41, 5.74) is 0. The molecule has 0 amide bonds. The van der Waals surface area contributed by atoms with Crippen LogP contribution in [0.25, 0.3) is 10.2 Å². The molecule has 4 nitrogen and oxygen atoms in total. The number of hydrogen-bond acceptors (Lipinski definition) is 6. The molecule has 0 spiro atoms. The van der Waals surface area contributed by atoms with Crippen molar-refractivity contribution in [2.75, 3.05) is 6.61 Å². The quantitative estimate of drug-likeness (QED) is 0.639. The van der Waals surface area contributed by atoms with Crippen molar-refractivity contribution in [3.63, 3.8) is 0 Å². The van der Waals surface area contributed by atoms with Gasteiger partial charge in [0.05, 0.1) is 6.61 Å². The molecule has 0 aromatic carbocycles. The molecular weight excluding hydrogens is 268 g/mol. The van der Waals surface area contributed by atoms with Crippen molar-refractivity contribution in [3.05, 3.63) is 17.3 Å². The van der Waals surface area contributed by atoms with E-state index in [2.05, 4.69) is 23.0 Å². The number of aryl methyl sites for hydroxylation is 1. The highest BCUT2D eigenvalue weighted by Crippen LogP contribution is 2.35. The number of carbonyl (C=O) groups excluding carboxylic acids is 1. The van der Waals surface area contributed by atoms with Crippen molar-refractivity contribution < 1.29 is 9.53 Å². The Morgan fingerprint density at radius 3 is 3.17 bits per heavy atom. The van der Waals surface area contributed by atoms with Gasteiger partial charge in [-0.25, -0.2) is 9.97 Å². The number of cyclic esters (lactones) is 1. The van der Waals surface area contributed by atoms with Crippen molar-refractivity contribution in [1.82, 2.24) is 9.97 Å². The molecule has 1 fully saturated rings. The fourth-order valence-corrected chi connectivity index (χ4v) is 3.91. The van der Waals surface area contributed by atoms with Crippen LogP contribution in [0.1, 0.15) is 18.2 Å². The third kappa shape index (κ3) is 2.10. The number of thioether (sulfide) groups is 1. The van der Waals surface area contributed by atoms with Crippen LogP contribution in [0.5, 0.6) is 0 Å². The van der Waals surface area contributed by atoms with Crippen LogP contribution >= 0.6 is 23.1 Å². The summed E-state index contributed by atoms with van der Waals surface area (Å²) in [5.74, 6) is -0.127. The third-order valence-electron chi connectivity index (χ3n) is 2.83. The molecule has 3 heterocycles. The van der Waals surface area contributed by atoms with E-state index in [1.54, 1.807) is 17.7 Å². The van der Waals surface area contributed by atoms with E-state index < -0.39 is 0 Å². The van der Waals surface area contributed by atoms with Crippen molar-refractivity contribution in [1.29, 1.82) is 0 Å². The highest BCUT2D eigenvalue weighted by Gasteiger charge is 2.28. The minimum atomic E-state index is -0.127. The van der Waals surface area contributed by atoms with Crippen LogP contribution in [-0.2, 0) is 16.0 Å². The van der Waals surface area contributed by atoms with Gasteiger partial charge in [-0.2, -0.15) is 0 Å². The summed E-state index contributed by atoms with van der Waals surface area (Å²) >= 11 is 3.18. The molecule has 0 saturated carbocycles. The molecule has 1 saturated heterocycles. The number of nitrogens with zero attached hydrogens (tertiary/aromatic N) is 2. The number of thiophene rings is 1. The average molecular weight is 280 g/mol. The van der Waals surface area contributed by atoms with Gasteiger partial charge in [0.15, 0.2) is 0 Å². The van der Waals surface area contributed by atoms with E-state index in [4.69, 9.17) is 4.74 Å². The molecule has 18 heavy (non-hydrogen) atoms. The average Bonchev–Trinajstić information content (AvgIpc) is 2.96. The van der Waals surface area contributed by atoms with Gasteiger partial charge in [-0.15, -0.1) is 11.3 Å². The van der Waals surface area contributed by atoms with Crippen molar-refractivity contribution in [2.45, 2.75) is 30.0 Å². The van der Waals surface area contributed by atoms with Crippen LogP contribution in [0.15, 0.2) is 17.4 Å². The van der Waals surface area contributed by atoms with Crippen molar-refractivity contribution in [2.24, 2.45) is 0 Å². The van der Waals surface area contributed by atoms with Gasteiger partial charge in [-0.05, 0) is 12.5 Å². The molecule has 1 aliphatic rings. The maximum atomic E-state index is 11.5. The van der Waals surface area contributed by atoms with E-state index in [1.807, 2.05) is 0 Å². The first-order valence-electron chi connectivity index (χ1n) is 5.84. The molecule has 1 aliphatic heterocycles. The summed E-state index contributed by atoms with van der Waals surface area (Å²) in [6.07, 6.45) is 3.33. The largest absolute Gasteiger partial charge is 0.465 e. The topological polar surface area (TPSA) is 52.1 Å². The van der Waals surface area contributed by atoms with E-state index in [-0.39, 0.29) is 11.2 Å². The second-order valence-electron chi connectivity index (χ2n) is 4.03. The molecule has 2 aromatic heterocycles. The highest BCUT2D eigenvalue weighted by atomic mass is 32.2. The molecule has 94 valence electrons. The number of rotatable bonds is 3. The lowest BCUT2D eigenvalue weighted by Crippen LogP contribution is -2.09. The van der Waals surface area contributed by atoms with Gasteiger partial charge in [-0.3, -0.25) is 4.79 Å². The minimum Gasteiger partial charge on any atom is -0.465 e. The summed E-state index contributed by atoms with van der Waals surface area (Å²) in [5, 5.41) is 1.83. The lowest BCUT2D eigenvalue weighted by Gasteiger charge is -2.04.